The number of imidazole rings is 1. The molecule has 0 N–H and O–H groups in total. The van der Waals surface area contributed by atoms with Gasteiger partial charge in [-0.15, -0.1) is 0 Å². The molecule has 0 spiro atoms. The van der Waals surface area contributed by atoms with Gasteiger partial charge in [0.05, 0.1) is 6.20 Å². The number of hydrogen-bond acceptors (Lipinski definition) is 4. The lowest BCUT2D eigenvalue weighted by molar-refractivity contribution is -0.393. The van der Waals surface area contributed by atoms with E-state index in [9.17, 15) is 10.1 Å². The molecular formula is C12H13N3O2S. The van der Waals surface area contributed by atoms with Crippen molar-refractivity contribution in [2.45, 2.75) is 36.0 Å². The zero-order chi connectivity index (χ0) is 12.5. The monoisotopic (exact) mass is 263 g/mol. The van der Waals surface area contributed by atoms with Crippen LogP contribution in [0, 0.1) is 10.1 Å². The van der Waals surface area contributed by atoms with Gasteiger partial charge in [-0.05, 0) is 23.8 Å². The summed E-state index contributed by atoms with van der Waals surface area (Å²) in [5.41, 5.74) is 0.643. The third-order valence-electron chi connectivity index (χ3n) is 3.23. The molecule has 94 valence electrons. The highest BCUT2D eigenvalue weighted by atomic mass is 32.2. The van der Waals surface area contributed by atoms with E-state index in [0.29, 0.717) is 15.9 Å². The molecule has 1 saturated carbocycles. The summed E-state index contributed by atoms with van der Waals surface area (Å²) in [5.74, 6) is 0.0995. The SMILES string of the molecule is O=[N+]([O-])c1c(SC2CCCC2)nc2ccccn12. The van der Waals surface area contributed by atoms with Gasteiger partial charge in [0.15, 0.2) is 5.03 Å². The maximum atomic E-state index is 11.2. The van der Waals surface area contributed by atoms with Gasteiger partial charge < -0.3 is 10.1 Å². The first-order valence-corrected chi connectivity index (χ1v) is 6.92. The predicted octanol–water partition coefficient (Wildman–Crippen LogP) is 3.28. The van der Waals surface area contributed by atoms with Crippen molar-refractivity contribution in [1.29, 1.82) is 0 Å². The standard InChI is InChI=1S/C12H13N3O2S/c16-15(17)12-11(18-9-5-1-2-6-9)13-10-7-3-4-8-14(10)12/h3-4,7-9H,1-2,5-6H2. The number of aromatic nitrogens is 2. The van der Waals surface area contributed by atoms with Crippen molar-refractivity contribution in [3.8, 4) is 0 Å². The van der Waals surface area contributed by atoms with Gasteiger partial charge in [0.2, 0.25) is 5.65 Å². The first kappa shape index (κ1) is 11.5. The van der Waals surface area contributed by atoms with E-state index >= 15 is 0 Å². The highest BCUT2D eigenvalue weighted by Gasteiger charge is 2.26. The predicted molar refractivity (Wildman–Crippen MR) is 70.0 cm³/mol. The van der Waals surface area contributed by atoms with Crippen LogP contribution >= 0.6 is 11.8 Å². The van der Waals surface area contributed by atoms with E-state index < -0.39 is 0 Å². The first-order chi connectivity index (χ1) is 8.75. The Balaban J connectivity index is 2.03. The van der Waals surface area contributed by atoms with Gasteiger partial charge >= 0.3 is 5.82 Å². The summed E-state index contributed by atoms with van der Waals surface area (Å²) >= 11 is 1.56. The minimum atomic E-state index is -0.336. The fourth-order valence-corrected chi connectivity index (χ4v) is 3.68. The lowest BCUT2D eigenvalue weighted by Crippen LogP contribution is -1.98. The zero-order valence-electron chi connectivity index (χ0n) is 9.78. The maximum Gasteiger partial charge on any atom is 0.361 e. The summed E-state index contributed by atoms with van der Waals surface area (Å²) in [5, 5.41) is 12.2. The average Bonchev–Trinajstić information content (AvgIpc) is 2.95. The van der Waals surface area contributed by atoms with Crippen molar-refractivity contribution in [2.24, 2.45) is 0 Å². The normalized spacial score (nSPS) is 16.4. The molecule has 2 aromatic rings. The van der Waals surface area contributed by atoms with Crippen LogP contribution in [0.3, 0.4) is 0 Å². The molecule has 3 rings (SSSR count). The van der Waals surface area contributed by atoms with Crippen molar-refractivity contribution in [3.63, 3.8) is 0 Å². The number of fused-ring (bicyclic) bond motifs is 1. The molecule has 5 nitrogen and oxygen atoms in total. The van der Waals surface area contributed by atoms with Crippen molar-refractivity contribution in [1.82, 2.24) is 9.38 Å². The molecule has 2 heterocycles. The zero-order valence-corrected chi connectivity index (χ0v) is 10.6. The molecule has 0 atom stereocenters. The van der Waals surface area contributed by atoms with E-state index in [4.69, 9.17) is 0 Å². The van der Waals surface area contributed by atoms with E-state index in [0.717, 1.165) is 12.8 Å². The maximum absolute atomic E-state index is 11.2. The molecule has 0 amide bonds. The van der Waals surface area contributed by atoms with Crippen molar-refractivity contribution < 1.29 is 4.92 Å². The molecule has 18 heavy (non-hydrogen) atoms. The number of thioether (sulfide) groups is 1. The Kier molecular flexibility index (Phi) is 2.95. The van der Waals surface area contributed by atoms with Crippen LogP contribution in [0.15, 0.2) is 29.4 Å². The Morgan fingerprint density at radius 2 is 2.17 bits per heavy atom. The number of nitrogens with zero attached hydrogens (tertiary/aromatic N) is 3. The molecule has 0 bridgehead atoms. The Bertz CT molecular complexity index is 590. The molecule has 0 unspecified atom stereocenters. The second kappa shape index (κ2) is 4.61. The molecule has 0 aromatic carbocycles. The van der Waals surface area contributed by atoms with Gasteiger partial charge in [-0.25, -0.2) is 0 Å². The fourth-order valence-electron chi connectivity index (χ4n) is 2.37. The van der Waals surface area contributed by atoms with Gasteiger partial charge in [0, 0.05) is 11.3 Å². The van der Waals surface area contributed by atoms with Crippen molar-refractivity contribution >= 4 is 23.2 Å². The Labute approximate surface area is 108 Å². The molecule has 0 saturated heterocycles. The van der Waals surface area contributed by atoms with E-state index in [1.165, 1.54) is 12.8 Å². The van der Waals surface area contributed by atoms with Crippen LogP contribution < -0.4 is 0 Å². The van der Waals surface area contributed by atoms with Gasteiger partial charge in [0.25, 0.3) is 0 Å². The largest absolute Gasteiger partial charge is 0.361 e. The highest BCUT2D eigenvalue weighted by Crippen LogP contribution is 2.38. The van der Waals surface area contributed by atoms with Crippen LogP contribution in [0.4, 0.5) is 5.82 Å². The second-order valence-electron chi connectivity index (χ2n) is 4.45. The average molecular weight is 263 g/mol. The topological polar surface area (TPSA) is 60.4 Å². The number of hydrogen-bond donors (Lipinski definition) is 0. The minimum absolute atomic E-state index is 0.0995. The number of rotatable bonds is 3. The smallest absolute Gasteiger partial charge is 0.358 e. The molecule has 2 aromatic heterocycles. The highest BCUT2D eigenvalue weighted by molar-refractivity contribution is 8.00. The summed E-state index contributed by atoms with van der Waals surface area (Å²) in [4.78, 5) is 15.2. The van der Waals surface area contributed by atoms with E-state index in [-0.39, 0.29) is 10.7 Å². The first-order valence-electron chi connectivity index (χ1n) is 6.04. The van der Waals surface area contributed by atoms with Gasteiger partial charge in [0.1, 0.15) is 0 Å². The van der Waals surface area contributed by atoms with Crippen molar-refractivity contribution in [3.05, 3.63) is 34.5 Å². The van der Waals surface area contributed by atoms with E-state index in [1.54, 1.807) is 34.5 Å². The molecule has 6 heteroatoms. The molecule has 1 fully saturated rings. The summed E-state index contributed by atoms with van der Waals surface area (Å²) in [6.07, 6.45) is 6.40. The fraction of sp³-hybridized carbons (Fsp3) is 0.417. The lowest BCUT2D eigenvalue weighted by atomic mass is 10.4. The molecular weight excluding hydrogens is 250 g/mol. The van der Waals surface area contributed by atoms with Crippen LogP contribution in [0.25, 0.3) is 5.65 Å². The van der Waals surface area contributed by atoms with E-state index in [1.807, 2.05) is 6.07 Å². The Morgan fingerprint density at radius 3 is 2.89 bits per heavy atom. The molecule has 1 aliphatic rings. The minimum Gasteiger partial charge on any atom is -0.358 e. The quantitative estimate of drug-likeness (QED) is 0.630. The summed E-state index contributed by atoms with van der Waals surface area (Å²) in [6.45, 7) is 0. The summed E-state index contributed by atoms with van der Waals surface area (Å²) in [7, 11) is 0. The van der Waals surface area contributed by atoms with Gasteiger partial charge in [-0.2, -0.15) is 9.38 Å². The third kappa shape index (κ3) is 1.96. The summed E-state index contributed by atoms with van der Waals surface area (Å²) < 4.78 is 1.55. The molecule has 0 aliphatic heterocycles. The lowest BCUT2D eigenvalue weighted by Gasteiger charge is -2.05. The molecule has 1 aliphatic carbocycles. The van der Waals surface area contributed by atoms with Crippen LogP contribution in [-0.4, -0.2) is 19.6 Å². The van der Waals surface area contributed by atoms with Crippen molar-refractivity contribution in [2.75, 3.05) is 0 Å². The van der Waals surface area contributed by atoms with Crippen LogP contribution in [0.2, 0.25) is 0 Å². The second-order valence-corrected chi connectivity index (χ2v) is 5.74. The van der Waals surface area contributed by atoms with E-state index in [2.05, 4.69) is 4.98 Å². The van der Waals surface area contributed by atoms with Gasteiger partial charge in [-0.1, -0.05) is 30.7 Å². The number of nitro groups is 1. The Hall–Kier alpha value is -1.56. The third-order valence-corrected chi connectivity index (χ3v) is 4.53. The van der Waals surface area contributed by atoms with Crippen LogP contribution in [0.5, 0.6) is 0 Å². The number of pyridine rings is 1. The van der Waals surface area contributed by atoms with Crippen LogP contribution in [-0.2, 0) is 0 Å². The van der Waals surface area contributed by atoms with Crippen LogP contribution in [0.1, 0.15) is 25.7 Å². The summed E-state index contributed by atoms with van der Waals surface area (Å²) in [6, 6.07) is 5.42. The van der Waals surface area contributed by atoms with Gasteiger partial charge in [-0.3, -0.25) is 0 Å². The molecule has 0 radical (unpaired) electrons. The Morgan fingerprint density at radius 1 is 1.39 bits per heavy atom.